The molecule has 0 spiro atoms. The first-order valence-corrected chi connectivity index (χ1v) is 7.06. The highest BCUT2D eigenvalue weighted by Crippen LogP contribution is 2.17. The average molecular weight is 331 g/mol. The van der Waals surface area contributed by atoms with Gasteiger partial charge in [-0.15, -0.1) is 0 Å². The molecule has 1 rings (SSSR count). The van der Waals surface area contributed by atoms with Gasteiger partial charge in [-0.3, -0.25) is 4.90 Å². The van der Waals surface area contributed by atoms with E-state index in [1.807, 2.05) is 31.3 Å². The van der Waals surface area contributed by atoms with Gasteiger partial charge in [0.15, 0.2) is 0 Å². The first kappa shape index (κ1) is 15.4. The van der Waals surface area contributed by atoms with E-state index < -0.39 is 0 Å². The monoisotopic (exact) mass is 330 g/mol. The van der Waals surface area contributed by atoms with Gasteiger partial charge in [-0.1, -0.05) is 34.2 Å². The zero-order chi connectivity index (χ0) is 13.5. The lowest BCUT2D eigenvalue weighted by Gasteiger charge is -2.24. The summed E-state index contributed by atoms with van der Waals surface area (Å²) in [6, 6.07) is 8.18. The fraction of sp³-hybridized carbons (Fsp3) is 0.462. The second-order valence-corrected chi connectivity index (χ2v) is 5.75. The first-order valence-electron chi connectivity index (χ1n) is 5.86. The van der Waals surface area contributed by atoms with Gasteiger partial charge < -0.3 is 10.5 Å². The molecule has 0 aromatic heterocycles. The number of rotatable bonds is 7. The number of thiocarbonyl (C=S) groups is 1. The minimum absolute atomic E-state index is 0.341. The molecule has 2 N–H and O–H groups in total. The zero-order valence-electron chi connectivity index (χ0n) is 10.7. The molecular weight excluding hydrogens is 312 g/mol. The predicted octanol–water partition coefficient (Wildman–Crippen LogP) is 2.82. The molecule has 0 aliphatic heterocycles. The van der Waals surface area contributed by atoms with Crippen molar-refractivity contribution in [2.24, 2.45) is 5.73 Å². The Hall–Kier alpha value is -0.650. The van der Waals surface area contributed by atoms with E-state index in [1.165, 1.54) is 0 Å². The lowest BCUT2D eigenvalue weighted by atomic mass is 10.2. The van der Waals surface area contributed by atoms with Gasteiger partial charge in [0.05, 0.1) is 4.99 Å². The van der Waals surface area contributed by atoms with Gasteiger partial charge in [0, 0.05) is 23.5 Å². The van der Waals surface area contributed by atoms with Crippen LogP contribution in [-0.4, -0.2) is 36.1 Å². The first-order chi connectivity index (χ1) is 8.49. The Bertz CT molecular complexity index is 400. The molecular formula is C13H19BrN2OS. The molecule has 100 valence electrons. The minimum Gasteiger partial charge on any atom is -0.492 e. The number of nitrogens with two attached hydrogens (primary N) is 1. The second kappa shape index (κ2) is 7.71. The summed E-state index contributed by atoms with van der Waals surface area (Å²) in [7, 11) is 2.05. The fourth-order valence-electron chi connectivity index (χ4n) is 1.53. The average Bonchev–Trinajstić information content (AvgIpc) is 2.28. The van der Waals surface area contributed by atoms with Gasteiger partial charge in [-0.2, -0.15) is 0 Å². The van der Waals surface area contributed by atoms with E-state index >= 15 is 0 Å². The highest BCUT2D eigenvalue weighted by molar-refractivity contribution is 9.10. The van der Waals surface area contributed by atoms with Crippen molar-refractivity contribution in [2.75, 3.05) is 20.2 Å². The fourth-order valence-corrected chi connectivity index (χ4v) is 2.15. The summed E-state index contributed by atoms with van der Waals surface area (Å²) in [6.45, 7) is 3.60. The third-order valence-electron chi connectivity index (χ3n) is 2.76. The molecule has 1 atom stereocenters. The molecule has 0 saturated carbocycles. The van der Waals surface area contributed by atoms with Crippen LogP contribution >= 0.6 is 28.1 Å². The second-order valence-electron chi connectivity index (χ2n) is 4.31. The topological polar surface area (TPSA) is 38.5 Å². The molecule has 3 nitrogen and oxygen atoms in total. The van der Waals surface area contributed by atoms with Crippen molar-refractivity contribution < 1.29 is 4.74 Å². The molecule has 0 fully saturated rings. The van der Waals surface area contributed by atoms with Crippen molar-refractivity contribution in [3.05, 3.63) is 28.7 Å². The molecule has 0 amide bonds. The largest absolute Gasteiger partial charge is 0.492 e. The number of halogens is 1. The summed E-state index contributed by atoms with van der Waals surface area (Å²) in [4.78, 5) is 2.75. The van der Waals surface area contributed by atoms with Crippen molar-refractivity contribution >= 4 is 33.1 Å². The molecule has 0 aliphatic rings. The van der Waals surface area contributed by atoms with Gasteiger partial charge >= 0.3 is 0 Å². The molecule has 0 radical (unpaired) electrons. The lowest BCUT2D eigenvalue weighted by Crippen LogP contribution is -2.35. The molecule has 1 unspecified atom stereocenters. The van der Waals surface area contributed by atoms with Crippen LogP contribution in [0.3, 0.4) is 0 Å². The van der Waals surface area contributed by atoms with E-state index in [1.54, 1.807) is 0 Å². The van der Waals surface area contributed by atoms with E-state index in [0.717, 1.165) is 23.2 Å². The van der Waals surface area contributed by atoms with Crippen molar-refractivity contribution in [1.82, 2.24) is 4.90 Å². The summed E-state index contributed by atoms with van der Waals surface area (Å²) in [5.41, 5.74) is 5.54. The Kier molecular flexibility index (Phi) is 6.60. The number of likely N-dealkylation sites (N-methyl/N-ethyl adjacent to an activating group) is 1. The summed E-state index contributed by atoms with van der Waals surface area (Å²) >= 11 is 8.32. The van der Waals surface area contributed by atoms with Gasteiger partial charge in [0.1, 0.15) is 12.4 Å². The van der Waals surface area contributed by atoms with Crippen molar-refractivity contribution in [3.63, 3.8) is 0 Å². The van der Waals surface area contributed by atoms with Crippen LogP contribution in [0.2, 0.25) is 0 Å². The third kappa shape index (κ3) is 5.80. The Balaban J connectivity index is 2.31. The van der Waals surface area contributed by atoms with Gasteiger partial charge in [0.2, 0.25) is 0 Å². The zero-order valence-corrected chi connectivity index (χ0v) is 13.1. The molecule has 5 heteroatoms. The summed E-state index contributed by atoms with van der Waals surface area (Å²) < 4.78 is 6.70. The smallest absolute Gasteiger partial charge is 0.120 e. The van der Waals surface area contributed by atoms with Crippen LogP contribution in [-0.2, 0) is 0 Å². The van der Waals surface area contributed by atoms with E-state index in [0.29, 0.717) is 17.6 Å². The molecule has 0 bridgehead atoms. The van der Waals surface area contributed by atoms with Gasteiger partial charge in [-0.25, -0.2) is 0 Å². The molecule has 1 aromatic carbocycles. The Morgan fingerprint density at radius 3 is 2.89 bits per heavy atom. The van der Waals surface area contributed by atoms with Crippen molar-refractivity contribution in [1.29, 1.82) is 0 Å². The van der Waals surface area contributed by atoms with Crippen LogP contribution < -0.4 is 10.5 Å². The van der Waals surface area contributed by atoms with Crippen LogP contribution in [0.5, 0.6) is 5.75 Å². The molecule has 1 aromatic rings. The van der Waals surface area contributed by atoms with E-state index in [2.05, 4.69) is 27.8 Å². The predicted molar refractivity (Wildman–Crippen MR) is 83.1 cm³/mol. The van der Waals surface area contributed by atoms with Crippen LogP contribution in [0.4, 0.5) is 0 Å². The number of benzene rings is 1. The Morgan fingerprint density at radius 2 is 2.28 bits per heavy atom. The molecule has 0 aliphatic carbocycles. The highest BCUT2D eigenvalue weighted by atomic mass is 79.9. The van der Waals surface area contributed by atoms with Crippen LogP contribution in [0.15, 0.2) is 28.7 Å². The SMILES string of the molecule is CC(CC(N)=S)N(C)CCOc1cccc(Br)c1. The molecule has 18 heavy (non-hydrogen) atoms. The van der Waals surface area contributed by atoms with E-state index in [9.17, 15) is 0 Å². The van der Waals surface area contributed by atoms with Crippen LogP contribution in [0.1, 0.15) is 13.3 Å². The summed E-state index contributed by atoms with van der Waals surface area (Å²) in [6.07, 6.45) is 0.739. The quantitative estimate of drug-likeness (QED) is 0.780. The van der Waals surface area contributed by atoms with Gasteiger partial charge in [0.25, 0.3) is 0 Å². The van der Waals surface area contributed by atoms with Crippen molar-refractivity contribution in [3.8, 4) is 5.75 Å². The maximum absolute atomic E-state index is 5.68. The van der Waals surface area contributed by atoms with Gasteiger partial charge in [-0.05, 0) is 32.2 Å². The third-order valence-corrected chi connectivity index (χ3v) is 3.42. The number of ether oxygens (including phenoxy) is 1. The molecule has 0 heterocycles. The highest BCUT2D eigenvalue weighted by Gasteiger charge is 2.09. The summed E-state index contributed by atoms with van der Waals surface area (Å²) in [5, 5.41) is 0. The number of nitrogens with zero attached hydrogens (tertiary/aromatic N) is 1. The van der Waals surface area contributed by atoms with E-state index in [4.69, 9.17) is 22.7 Å². The van der Waals surface area contributed by atoms with Crippen LogP contribution in [0.25, 0.3) is 0 Å². The minimum atomic E-state index is 0.341. The Labute approximate surface area is 122 Å². The maximum atomic E-state index is 5.68. The number of hydrogen-bond acceptors (Lipinski definition) is 3. The maximum Gasteiger partial charge on any atom is 0.120 e. The lowest BCUT2D eigenvalue weighted by molar-refractivity contribution is 0.203. The normalized spacial score (nSPS) is 12.4. The van der Waals surface area contributed by atoms with Crippen LogP contribution in [0, 0.1) is 0 Å². The number of hydrogen-bond donors (Lipinski definition) is 1. The van der Waals surface area contributed by atoms with Crippen molar-refractivity contribution in [2.45, 2.75) is 19.4 Å². The van der Waals surface area contributed by atoms with E-state index in [-0.39, 0.29) is 0 Å². The summed E-state index contributed by atoms with van der Waals surface area (Å²) in [5.74, 6) is 0.875. The molecule has 0 saturated heterocycles. The Morgan fingerprint density at radius 1 is 1.56 bits per heavy atom. The standard InChI is InChI=1S/C13H19BrN2OS/c1-10(8-13(15)18)16(2)6-7-17-12-5-3-4-11(14)9-12/h3-5,9-10H,6-8H2,1-2H3,(H2,15,18).